The SMILES string of the molecule is C=C(C)C(C)=[N+]([O-])c1c(NO)cccc1OCC(=O)OCC. The van der Waals surface area contributed by atoms with Crippen molar-refractivity contribution in [2.75, 3.05) is 18.7 Å². The number of hydrogen-bond donors (Lipinski definition) is 2. The van der Waals surface area contributed by atoms with E-state index in [-0.39, 0.29) is 30.3 Å². The summed E-state index contributed by atoms with van der Waals surface area (Å²) >= 11 is 0. The number of para-hydroxylation sites is 1. The molecule has 1 rings (SSSR count). The predicted molar refractivity (Wildman–Crippen MR) is 82.8 cm³/mol. The van der Waals surface area contributed by atoms with E-state index in [0.29, 0.717) is 16.0 Å². The van der Waals surface area contributed by atoms with Crippen molar-refractivity contribution in [3.63, 3.8) is 0 Å². The standard InChI is InChI=1S/C15H20N2O5/c1-5-21-14(18)9-22-13-8-6-7-12(16-19)15(13)17(20)11(4)10(2)3/h6-8,16,19H,2,5,9H2,1,3-4H3. The first-order valence-electron chi connectivity index (χ1n) is 6.70. The molecule has 0 saturated carbocycles. The molecule has 0 aromatic heterocycles. The summed E-state index contributed by atoms with van der Waals surface area (Å²) in [4.78, 5) is 11.4. The first-order valence-corrected chi connectivity index (χ1v) is 6.70. The van der Waals surface area contributed by atoms with E-state index in [0.717, 1.165) is 0 Å². The summed E-state index contributed by atoms with van der Waals surface area (Å²) < 4.78 is 10.7. The van der Waals surface area contributed by atoms with E-state index >= 15 is 0 Å². The lowest BCUT2D eigenvalue weighted by molar-refractivity contribution is -0.361. The number of hydrogen-bond acceptors (Lipinski definition) is 6. The Bertz CT molecular complexity index is 596. The summed E-state index contributed by atoms with van der Waals surface area (Å²) in [5.41, 5.74) is 3.06. The fourth-order valence-electron chi connectivity index (χ4n) is 1.62. The Kier molecular flexibility index (Phi) is 6.40. The van der Waals surface area contributed by atoms with Gasteiger partial charge in [0.25, 0.3) is 5.69 Å². The molecule has 0 unspecified atom stereocenters. The van der Waals surface area contributed by atoms with Crippen molar-refractivity contribution < 1.29 is 24.2 Å². The highest BCUT2D eigenvalue weighted by atomic mass is 16.6. The highest BCUT2D eigenvalue weighted by Crippen LogP contribution is 2.35. The molecule has 0 atom stereocenters. The van der Waals surface area contributed by atoms with Crippen LogP contribution in [0.3, 0.4) is 0 Å². The molecule has 0 saturated heterocycles. The summed E-state index contributed by atoms with van der Waals surface area (Å²) in [7, 11) is 0. The van der Waals surface area contributed by atoms with Crippen LogP contribution in [0.2, 0.25) is 0 Å². The molecular weight excluding hydrogens is 288 g/mol. The van der Waals surface area contributed by atoms with Crippen molar-refractivity contribution in [2.45, 2.75) is 20.8 Å². The molecule has 22 heavy (non-hydrogen) atoms. The van der Waals surface area contributed by atoms with E-state index in [1.807, 2.05) is 5.48 Å². The maximum Gasteiger partial charge on any atom is 0.344 e. The van der Waals surface area contributed by atoms with Gasteiger partial charge in [-0.15, -0.1) is 0 Å². The minimum Gasteiger partial charge on any atom is -0.618 e. The smallest absolute Gasteiger partial charge is 0.344 e. The molecule has 0 radical (unpaired) electrons. The van der Waals surface area contributed by atoms with Crippen LogP contribution in [-0.4, -0.2) is 34.8 Å². The van der Waals surface area contributed by atoms with E-state index in [1.54, 1.807) is 26.8 Å². The number of esters is 1. The van der Waals surface area contributed by atoms with Crippen LogP contribution in [0.4, 0.5) is 11.4 Å². The van der Waals surface area contributed by atoms with Gasteiger partial charge in [-0.1, -0.05) is 12.6 Å². The zero-order chi connectivity index (χ0) is 16.7. The molecule has 120 valence electrons. The van der Waals surface area contributed by atoms with Gasteiger partial charge in [-0.25, -0.2) is 4.79 Å². The highest BCUT2D eigenvalue weighted by Gasteiger charge is 2.21. The van der Waals surface area contributed by atoms with Gasteiger partial charge in [-0.3, -0.25) is 10.7 Å². The number of allylic oxidation sites excluding steroid dienone is 1. The second-order valence-corrected chi connectivity index (χ2v) is 4.52. The lowest BCUT2D eigenvalue weighted by Gasteiger charge is -2.15. The van der Waals surface area contributed by atoms with E-state index in [4.69, 9.17) is 9.47 Å². The summed E-state index contributed by atoms with van der Waals surface area (Å²) in [5, 5.41) is 21.6. The molecular formula is C15H20N2O5. The van der Waals surface area contributed by atoms with Gasteiger partial charge in [0.15, 0.2) is 18.1 Å². The molecule has 0 aliphatic rings. The van der Waals surface area contributed by atoms with Gasteiger partial charge in [-0.05, 0) is 26.0 Å². The van der Waals surface area contributed by atoms with E-state index in [2.05, 4.69) is 6.58 Å². The van der Waals surface area contributed by atoms with Gasteiger partial charge in [0.05, 0.1) is 6.61 Å². The zero-order valence-electron chi connectivity index (χ0n) is 12.9. The molecule has 2 N–H and O–H groups in total. The summed E-state index contributed by atoms with van der Waals surface area (Å²) in [6.07, 6.45) is 0. The third-order valence-corrected chi connectivity index (χ3v) is 2.90. The van der Waals surface area contributed by atoms with Crippen LogP contribution in [0.5, 0.6) is 5.75 Å². The summed E-state index contributed by atoms with van der Waals surface area (Å²) in [5.74, 6) is -0.406. The molecule has 7 heteroatoms. The number of carbonyl (C=O) groups is 1. The van der Waals surface area contributed by atoms with Crippen LogP contribution < -0.4 is 10.2 Å². The van der Waals surface area contributed by atoms with E-state index in [9.17, 15) is 15.2 Å². The maximum atomic E-state index is 12.4. The molecule has 0 heterocycles. The van der Waals surface area contributed by atoms with Crippen LogP contribution in [0.25, 0.3) is 0 Å². The topological polar surface area (TPSA) is 93.9 Å². The fraction of sp³-hybridized carbons (Fsp3) is 0.333. The van der Waals surface area contributed by atoms with Gasteiger partial charge in [0.2, 0.25) is 0 Å². The highest BCUT2D eigenvalue weighted by molar-refractivity contribution is 5.94. The van der Waals surface area contributed by atoms with Crippen molar-refractivity contribution in [3.8, 4) is 5.75 Å². The molecule has 0 aliphatic carbocycles. The largest absolute Gasteiger partial charge is 0.618 e. The molecule has 0 fully saturated rings. The van der Waals surface area contributed by atoms with E-state index < -0.39 is 5.97 Å². The van der Waals surface area contributed by atoms with Crippen LogP contribution in [-0.2, 0) is 9.53 Å². The Balaban J connectivity index is 3.21. The van der Waals surface area contributed by atoms with Crippen molar-refractivity contribution in [1.82, 2.24) is 0 Å². The Hall–Kier alpha value is -2.54. The van der Waals surface area contributed by atoms with Crippen LogP contribution in [0, 0.1) is 5.21 Å². The number of nitrogens with one attached hydrogen (secondary N) is 1. The normalized spacial score (nSPS) is 11.5. The quantitative estimate of drug-likeness (QED) is 0.264. The molecule has 0 bridgehead atoms. The monoisotopic (exact) mass is 308 g/mol. The number of anilines is 1. The lowest BCUT2D eigenvalue weighted by atomic mass is 10.2. The maximum absolute atomic E-state index is 12.4. The zero-order valence-corrected chi connectivity index (χ0v) is 12.9. The minimum absolute atomic E-state index is 0.0507. The number of rotatable bonds is 7. The van der Waals surface area contributed by atoms with Crippen LogP contribution >= 0.6 is 0 Å². The second-order valence-electron chi connectivity index (χ2n) is 4.52. The van der Waals surface area contributed by atoms with Crippen molar-refractivity contribution in [1.29, 1.82) is 0 Å². The number of ether oxygens (including phenoxy) is 2. The predicted octanol–water partition coefficient (Wildman–Crippen LogP) is 2.61. The molecule has 1 aromatic rings. The van der Waals surface area contributed by atoms with Gasteiger partial charge >= 0.3 is 5.97 Å². The first kappa shape index (κ1) is 17.5. The second kappa shape index (κ2) is 8.04. The van der Waals surface area contributed by atoms with Gasteiger partial charge in [-0.2, -0.15) is 4.74 Å². The molecule has 7 nitrogen and oxygen atoms in total. The molecule has 0 amide bonds. The fourth-order valence-corrected chi connectivity index (χ4v) is 1.62. The third-order valence-electron chi connectivity index (χ3n) is 2.90. The molecule has 0 aliphatic heterocycles. The van der Waals surface area contributed by atoms with Gasteiger partial charge in [0, 0.05) is 12.5 Å². The summed E-state index contributed by atoms with van der Waals surface area (Å²) in [6.45, 7) is 8.58. The van der Waals surface area contributed by atoms with Crippen LogP contribution in [0.15, 0.2) is 30.4 Å². The Morgan fingerprint density at radius 3 is 2.68 bits per heavy atom. The lowest BCUT2D eigenvalue weighted by Crippen LogP contribution is -2.16. The molecule has 1 aromatic carbocycles. The third kappa shape index (κ3) is 4.23. The average Bonchev–Trinajstić information content (AvgIpc) is 2.51. The first-order chi connectivity index (χ1) is 10.4. The van der Waals surface area contributed by atoms with E-state index in [1.165, 1.54) is 12.1 Å². The Labute approximate surface area is 129 Å². The number of benzene rings is 1. The number of carbonyl (C=O) groups excluding carboxylic acids is 1. The average molecular weight is 308 g/mol. The Morgan fingerprint density at radius 1 is 1.45 bits per heavy atom. The Morgan fingerprint density at radius 2 is 2.14 bits per heavy atom. The van der Waals surface area contributed by atoms with Crippen molar-refractivity contribution in [2.24, 2.45) is 0 Å². The number of nitrogens with zero attached hydrogens (tertiary/aromatic N) is 1. The van der Waals surface area contributed by atoms with Crippen molar-refractivity contribution in [3.05, 3.63) is 35.6 Å². The van der Waals surface area contributed by atoms with Gasteiger partial charge < -0.3 is 14.7 Å². The molecule has 0 spiro atoms. The summed E-state index contributed by atoms with van der Waals surface area (Å²) in [6, 6.07) is 4.60. The van der Waals surface area contributed by atoms with Gasteiger partial charge in [0.1, 0.15) is 5.69 Å². The van der Waals surface area contributed by atoms with Crippen LogP contribution in [0.1, 0.15) is 20.8 Å². The minimum atomic E-state index is -0.547. The van der Waals surface area contributed by atoms with Crippen molar-refractivity contribution >= 4 is 23.1 Å².